The molecular formula is C13H16N4O2. The molecule has 6 nitrogen and oxygen atoms in total. The molecular weight excluding hydrogens is 244 g/mol. The Morgan fingerprint density at radius 2 is 2.16 bits per heavy atom. The maximum Gasteiger partial charge on any atom is 0.260 e. The Hall–Kier alpha value is -2.50. The van der Waals surface area contributed by atoms with Gasteiger partial charge in [0.25, 0.3) is 5.91 Å². The van der Waals surface area contributed by atoms with Gasteiger partial charge in [-0.2, -0.15) is 5.10 Å². The van der Waals surface area contributed by atoms with Crippen LogP contribution in [-0.4, -0.2) is 23.2 Å². The standard InChI is InChI=1S/C13H16N4O2/c1-7-8(2)16-17-12(7)15-13(18)10-5-4-9(14)6-11(10)19-3/h4-6H,14H2,1-3H3,(H2,15,16,17,18). The molecule has 0 unspecified atom stereocenters. The topological polar surface area (TPSA) is 93.0 Å². The van der Waals surface area contributed by atoms with Crippen LogP contribution in [0.5, 0.6) is 5.75 Å². The number of ether oxygens (including phenoxy) is 1. The van der Waals surface area contributed by atoms with Crippen LogP contribution < -0.4 is 15.8 Å². The second-order valence-electron chi connectivity index (χ2n) is 4.24. The van der Waals surface area contributed by atoms with Gasteiger partial charge in [0.2, 0.25) is 0 Å². The average Bonchev–Trinajstić information content (AvgIpc) is 2.70. The molecule has 2 rings (SSSR count). The summed E-state index contributed by atoms with van der Waals surface area (Å²) in [5.41, 5.74) is 8.43. The molecule has 0 atom stereocenters. The van der Waals surface area contributed by atoms with Crippen molar-refractivity contribution in [2.24, 2.45) is 0 Å². The number of aryl methyl sites for hydroxylation is 1. The number of hydrogen-bond donors (Lipinski definition) is 3. The first kappa shape index (κ1) is 12.9. The lowest BCUT2D eigenvalue weighted by Gasteiger charge is -2.09. The first-order valence-corrected chi connectivity index (χ1v) is 5.79. The number of aromatic amines is 1. The predicted molar refractivity (Wildman–Crippen MR) is 73.4 cm³/mol. The van der Waals surface area contributed by atoms with E-state index in [1.54, 1.807) is 18.2 Å². The van der Waals surface area contributed by atoms with Gasteiger partial charge in [0.15, 0.2) is 5.82 Å². The van der Waals surface area contributed by atoms with Crippen molar-refractivity contribution in [3.63, 3.8) is 0 Å². The SMILES string of the molecule is COc1cc(N)ccc1C(=O)Nc1n[nH]c(C)c1C. The van der Waals surface area contributed by atoms with E-state index in [1.165, 1.54) is 7.11 Å². The van der Waals surface area contributed by atoms with Gasteiger partial charge < -0.3 is 15.8 Å². The van der Waals surface area contributed by atoms with Crippen molar-refractivity contribution in [3.8, 4) is 5.75 Å². The highest BCUT2D eigenvalue weighted by Gasteiger charge is 2.15. The molecule has 0 saturated carbocycles. The average molecular weight is 260 g/mol. The van der Waals surface area contributed by atoms with Crippen LogP contribution in [0.3, 0.4) is 0 Å². The van der Waals surface area contributed by atoms with Crippen LogP contribution >= 0.6 is 0 Å². The Morgan fingerprint density at radius 3 is 2.74 bits per heavy atom. The number of carbonyl (C=O) groups is 1. The first-order chi connectivity index (χ1) is 9.02. The van der Waals surface area contributed by atoms with Crippen LogP contribution in [0.25, 0.3) is 0 Å². The van der Waals surface area contributed by atoms with Crippen LogP contribution in [-0.2, 0) is 0 Å². The third-order valence-corrected chi connectivity index (χ3v) is 2.96. The van der Waals surface area contributed by atoms with Crippen molar-refractivity contribution in [1.29, 1.82) is 0 Å². The molecule has 0 bridgehead atoms. The zero-order chi connectivity index (χ0) is 14.0. The predicted octanol–water partition coefficient (Wildman–Crippen LogP) is 1.87. The molecule has 0 saturated heterocycles. The van der Waals surface area contributed by atoms with Crippen molar-refractivity contribution >= 4 is 17.4 Å². The van der Waals surface area contributed by atoms with Crippen molar-refractivity contribution in [1.82, 2.24) is 10.2 Å². The summed E-state index contributed by atoms with van der Waals surface area (Å²) in [5.74, 6) is 0.662. The number of carbonyl (C=O) groups excluding carboxylic acids is 1. The van der Waals surface area contributed by atoms with E-state index >= 15 is 0 Å². The van der Waals surface area contributed by atoms with Crippen LogP contribution in [0.1, 0.15) is 21.6 Å². The van der Waals surface area contributed by atoms with E-state index in [2.05, 4.69) is 15.5 Å². The second kappa shape index (κ2) is 5.01. The highest BCUT2D eigenvalue weighted by molar-refractivity contribution is 6.06. The van der Waals surface area contributed by atoms with E-state index in [-0.39, 0.29) is 5.91 Å². The molecule has 0 aliphatic heterocycles. The molecule has 0 spiro atoms. The van der Waals surface area contributed by atoms with Gasteiger partial charge in [-0.15, -0.1) is 0 Å². The molecule has 19 heavy (non-hydrogen) atoms. The van der Waals surface area contributed by atoms with Crippen LogP contribution in [0.15, 0.2) is 18.2 Å². The van der Waals surface area contributed by atoms with Crippen LogP contribution in [0.4, 0.5) is 11.5 Å². The van der Waals surface area contributed by atoms with Crippen LogP contribution in [0, 0.1) is 13.8 Å². The molecule has 0 aliphatic carbocycles. The number of nitrogens with zero attached hydrogens (tertiary/aromatic N) is 1. The van der Waals surface area contributed by atoms with Gasteiger partial charge in [0.1, 0.15) is 5.75 Å². The number of hydrogen-bond acceptors (Lipinski definition) is 4. The lowest BCUT2D eigenvalue weighted by Crippen LogP contribution is -2.14. The van der Waals surface area contributed by atoms with Gasteiger partial charge >= 0.3 is 0 Å². The van der Waals surface area contributed by atoms with Gasteiger partial charge in [0, 0.05) is 23.0 Å². The van der Waals surface area contributed by atoms with Crippen LogP contribution in [0.2, 0.25) is 0 Å². The lowest BCUT2D eigenvalue weighted by molar-refractivity contribution is 0.102. The molecule has 6 heteroatoms. The Morgan fingerprint density at radius 1 is 1.42 bits per heavy atom. The highest BCUT2D eigenvalue weighted by atomic mass is 16.5. The largest absolute Gasteiger partial charge is 0.496 e. The zero-order valence-corrected chi connectivity index (χ0v) is 11.1. The molecule has 1 amide bonds. The molecule has 0 radical (unpaired) electrons. The van der Waals surface area contributed by atoms with Crippen molar-refractivity contribution < 1.29 is 9.53 Å². The Kier molecular flexibility index (Phi) is 3.41. The van der Waals surface area contributed by atoms with E-state index in [1.807, 2.05) is 13.8 Å². The van der Waals surface area contributed by atoms with Gasteiger partial charge in [-0.05, 0) is 26.0 Å². The minimum absolute atomic E-state index is 0.286. The number of nitrogens with one attached hydrogen (secondary N) is 2. The number of amides is 1. The van der Waals surface area contributed by atoms with Gasteiger partial charge in [-0.1, -0.05) is 0 Å². The second-order valence-corrected chi connectivity index (χ2v) is 4.24. The number of H-pyrrole nitrogens is 1. The van der Waals surface area contributed by atoms with Crippen molar-refractivity contribution in [2.75, 3.05) is 18.2 Å². The summed E-state index contributed by atoms with van der Waals surface area (Å²) in [6.45, 7) is 3.77. The summed E-state index contributed by atoms with van der Waals surface area (Å²) in [6, 6.07) is 4.88. The highest BCUT2D eigenvalue weighted by Crippen LogP contribution is 2.23. The van der Waals surface area contributed by atoms with E-state index in [9.17, 15) is 4.79 Å². The van der Waals surface area contributed by atoms with E-state index in [4.69, 9.17) is 10.5 Å². The summed E-state index contributed by atoms with van der Waals surface area (Å²) < 4.78 is 5.15. The molecule has 100 valence electrons. The van der Waals surface area contributed by atoms with E-state index in [0.29, 0.717) is 22.8 Å². The smallest absolute Gasteiger partial charge is 0.260 e. The number of rotatable bonds is 3. The van der Waals surface area contributed by atoms with E-state index in [0.717, 1.165) is 11.3 Å². The Bertz CT molecular complexity index is 619. The third kappa shape index (κ3) is 2.52. The molecule has 4 N–H and O–H groups in total. The monoisotopic (exact) mass is 260 g/mol. The molecule has 2 aromatic rings. The summed E-state index contributed by atoms with van der Waals surface area (Å²) in [5, 5.41) is 9.59. The quantitative estimate of drug-likeness (QED) is 0.734. The fourth-order valence-corrected chi connectivity index (χ4v) is 1.68. The fourth-order valence-electron chi connectivity index (χ4n) is 1.68. The molecule has 1 aromatic heterocycles. The normalized spacial score (nSPS) is 10.3. The molecule has 1 aromatic carbocycles. The third-order valence-electron chi connectivity index (χ3n) is 2.96. The van der Waals surface area contributed by atoms with E-state index < -0.39 is 0 Å². The summed E-state index contributed by atoms with van der Waals surface area (Å²) in [6.07, 6.45) is 0. The van der Waals surface area contributed by atoms with Gasteiger partial charge in [-0.25, -0.2) is 0 Å². The summed E-state index contributed by atoms with van der Waals surface area (Å²) in [4.78, 5) is 12.2. The summed E-state index contributed by atoms with van der Waals surface area (Å²) in [7, 11) is 1.50. The minimum Gasteiger partial charge on any atom is -0.496 e. The first-order valence-electron chi connectivity index (χ1n) is 5.79. The van der Waals surface area contributed by atoms with Gasteiger partial charge in [0.05, 0.1) is 12.7 Å². The molecule has 1 heterocycles. The number of nitrogens with two attached hydrogens (primary N) is 1. The maximum absolute atomic E-state index is 12.2. The Balaban J connectivity index is 2.27. The fraction of sp³-hybridized carbons (Fsp3) is 0.231. The number of benzene rings is 1. The number of anilines is 2. The molecule has 0 fully saturated rings. The Labute approximate surface area is 111 Å². The molecule has 0 aliphatic rings. The van der Waals surface area contributed by atoms with Crippen molar-refractivity contribution in [3.05, 3.63) is 35.0 Å². The van der Waals surface area contributed by atoms with Gasteiger partial charge in [-0.3, -0.25) is 9.89 Å². The maximum atomic E-state index is 12.2. The minimum atomic E-state index is -0.286. The zero-order valence-electron chi connectivity index (χ0n) is 11.1. The number of aromatic nitrogens is 2. The van der Waals surface area contributed by atoms with Crippen molar-refractivity contribution in [2.45, 2.75) is 13.8 Å². The number of nitrogen functional groups attached to an aromatic ring is 1. The number of methoxy groups -OCH3 is 1. The lowest BCUT2D eigenvalue weighted by atomic mass is 10.1. The summed E-state index contributed by atoms with van der Waals surface area (Å²) >= 11 is 0.